The Kier molecular flexibility index (Phi) is 15.0. The minimum Gasteiger partial charge on any atom is -0.494 e. The lowest BCUT2D eigenvalue weighted by atomic mass is 10.1. The molecule has 0 bridgehead atoms. The smallest absolute Gasteiger partial charge is 0.119 e. The Morgan fingerprint density at radius 2 is 1.12 bits per heavy atom. The predicted molar refractivity (Wildman–Crippen MR) is 107 cm³/mol. The first kappa shape index (κ1) is 22.8. The summed E-state index contributed by atoms with van der Waals surface area (Å²) in [5.41, 5.74) is 0. The second kappa shape index (κ2) is 17.2. The van der Waals surface area contributed by atoms with E-state index in [1.165, 1.54) is 57.8 Å². The summed E-state index contributed by atoms with van der Waals surface area (Å²) in [5, 5.41) is 8.61. The molecular weight excluding hydrogens is 328 g/mol. The van der Waals surface area contributed by atoms with Crippen LogP contribution in [0, 0.1) is 0 Å². The fourth-order valence-corrected chi connectivity index (χ4v) is 2.80. The number of aliphatic hydroxyl groups is 1. The van der Waals surface area contributed by atoms with E-state index in [9.17, 15) is 0 Å². The quantitative estimate of drug-likeness (QED) is 0.355. The molecule has 0 aliphatic heterocycles. The molecule has 0 radical (unpaired) electrons. The van der Waals surface area contributed by atoms with E-state index in [4.69, 9.17) is 19.3 Å². The minimum atomic E-state index is 0.0467. The molecular formula is C22H38O4. The highest BCUT2D eigenvalue weighted by Gasteiger charge is 1.98. The zero-order valence-corrected chi connectivity index (χ0v) is 16.6. The van der Waals surface area contributed by atoms with Gasteiger partial charge in [-0.2, -0.15) is 0 Å². The van der Waals surface area contributed by atoms with E-state index in [1.807, 2.05) is 24.3 Å². The molecule has 0 saturated heterocycles. The van der Waals surface area contributed by atoms with Crippen molar-refractivity contribution in [2.75, 3.05) is 33.0 Å². The van der Waals surface area contributed by atoms with Gasteiger partial charge in [0.2, 0.25) is 0 Å². The third-order valence-electron chi connectivity index (χ3n) is 4.32. The molecule has 1 N–H and O–H groups in total. The van der Waals surface area contributed by atoms with Crippen LogP contribution in [0.3, 0.4) is 0 Å². The molecule has 0 atom stereocenters. The molecule has 26 heavy (non-hydrogen) atoms. The van der Waals surface area contributed by atoms with E-state index in [2.05, 4.69) is 6.92 Å². The molecule has 0 fully saturated rings. The van der Waals surface area contributed by atoms with Crippen molar-refractivity contribution in [3.8, 4) is 11.5 Å². The van der Waals surface area contributed by atoms with Gasteiger partial charge < -0.3 is 19.3 Å². The predicted octanol–water partition coefficient (Wildman–Crippen LogP) is 5.37. The van der Waals surface area contributed by atoms with Crippen LogP contribution in [0.4, 0.5) is 0 Å². The lowest BCUT2D eigenvalue weighted by Crippen LogP contribution is -2.09. The van der Waals surface area contributed by atoms with Gasteiger partial charge in [-0.05, 0) is 30.7 Å². The van der Waals surface area contributed by atoms with E-state index in [0.29, 0.717) is 19.8 Å². The van der Waals surface area contributed by atoms with Crippen molar-refractivity contribution >= 4 is 0 Å². The topological polar surface area (TPSA) is 47.9 Å². The van der Waals surface area contributed by atoms with Crippen LogP contribution in [0.25, 0.3) is 0 Å². The van der Waals surface area contributed by atoms with Gasteiger partial charge in [-0.3, -0.25) is 0 Å². The van der Waals surface area contributed by atoms with E-state index < -0.39 is 0 Å². The van der Waals surface area contributed by atoms with Crippen molar-refractivity contribution in [1.82, 2.24) is 0 Å². The van der Waals surface area contributed by atoms with Gasteiger partial charge >= 0.3 is 0 Å². The first-order valence-corrected chi connectivity index (χ1v) is 10.4. The van der Waals surface area contributed by atoms with Crippen molar-refractivity contribution in [2.45, 2.75) is 71.1 Å². The summed E-state index contributed by atoms with van der Waals surface area (Å²) < 4.78 is 16.5. The van der Waals surface area contributed by atoms with Crippen LogP contribution in [0.2, 0.25) is 0 Å². The Bertz CT molecular complexity index is 405. The van der Waals surface area contributed by atoms with Crippen molar-refractivity contribution in [3.05, 3.63) is 24.3 Å². The Hall–Kier alpha value is -1.26. The molecule has 0 saturated carbocycles. The Balaban J connectivity index is 1.94. The Morgan fingerprint density at radius 1 is 0.615 bits per heavy atom. The van der Waals surface area contributed by atoms with Crippen molar-refractivity contribution < 1.29 is 19.3 Å². The highest BCUT2D eigenvalue weighted by molar-refractivity contribution is 5.31. The lowest BCUT2D eigenvalue weighted by Gasteiger charge is -2.09. The minimum absolute atomic E-state index is 0.0467. The number of aliphatic hydroxyl groups excluding tert-OH is 1. The van der Waals surface area contributed by atoms with E-state index in [0.717, 1.165) is 24.5 Å². The average Bonchev–Trinajstić information content (AvgIpc) is 2.67. The highest BCUT2D eigenvalue weighted by Crippen LogP contribution is 2.18. The van der Waals surface area contributed by atoms with Gasteiger partial charge in [0.1, 0.15) is 18.1 Å². The molecule has 1 aromatic rings. The maximum atomic E-state index is 8.61. The zero-order valence-electron chi connectivity index (χ0n) is 16.6. The molecule has 0 spiro atoms. The molecule has 0 aromatic heterocycles. The average molecular weight is 367 g/mol. The van der Waals surface area contributed by atoms with Crippen LogP contribution in [-0.2, 0) is 4.74 Å². The second-order valence-electron chi connectivity index (χ2n) is 6.69. The van der Waals surface area contributed by atoms with Crippen molar-refractivity contribution in [1.29, 1.82) is 0 Å². The van der Waals surface area contributed by atoms with Crippen LogP contribution in [0.15, 0.2) is 24.3 Å². The van der Waals surface area contributed by atoms with Crippen LogP contribution in [0.5, 0.6) is 11.5 Å². The van der Waals surface area contributed by atoms with Gasteiger partial charge in [-0.25, -0.2) is 0 Å². The number of unbranched alkanes of at least 4 members (excludes halogenated alkanes) is 9. The third kappa shape index (κ3) is 13.0. The molecule has 0 aliphatic rings. The molecule has 0 unspecified atom stereocenters. The summed E-state index contributed by atoms with van der Waals surface area (Å²) in [6.07, 6.45) is 13.4. The van der Waals surface area contributed by atoms with Gasteiger partial charge in [0.05, 0.1) is 26.4 Å². The maximum Gasteiger partial charge on any atom is 0.119 e. The summed E-state index contributed by atoms with van der Waals surface area (Å²) in [5.74, 6) is 1.70. The molecule has 0 amide bonds. The van der Waals surface area contributed by atoms with Crippen LogP contribution in [-0.4, -0.2) is 38.1 Å². The maximum absolute atomic E-state index is 8.61. The molecule has 1 aromatic carbocycles. The number of ether oxygens (including phenoxy) is 3. The summed E-state index contributed by atoms with van der Waals surface area (Å²) in [4.78, 5) is 0. The summed E-state index contributed by atoms with van der Waals surface area (Å²) >= 11 is 0. The number of hydrogen-bond acceptors (Lipinski definition) is 4. The van der Waals surface area contributed by atoms with Crippen LogP contribution < -0.4 is 9.47 Å². The van der Waals surface area contributed by atoms with Gasteiger partial charge in [-0.15, -0.1) is 0 Å². The van der Waals surface area contributed by atoms with Gasteiger partial charge in [0, 0.05) is 0 Å². The van der Waals surface area contributed by atoms with Gasteiger partial charge in [0.25, 0.3) is 0 Å². The van der Waals surface area contributed by atoms with E-state index in [1.54, 1.807) is 0 Å². The first-order valence-electron chi connectivity index (χ1n) is 10.4. The standard InChI is InChI=1S/C22H38O4/c1-2-3-4-5-6-7-8-9-10-11-17-25-21-12-14-22(15-13-21)26-20-19-24-18-16-23/h12-15,23H,2-11,16-20H2,1H3. The van der Waals surface area contributed by atoms with Crippen LogP contribution in [0.1, 0.15) is 71.1 Å². The first-order chi connectivity index (χ1) is 12.9. The zero-order chi connectivity index (χ0) is 18.7. The largest absolute Gasteiger partial charge is 0.494 e. The number of hydrogen-bond donors (Lipinski definition) is 1. The Morgan fingerprint density at radius 3 is 1.65 bits per heavy atom. The summed E-state index contributed by atoms with van der Waals surface area (Å²) in [7, 11) is 0. The van der Waals surface area contributed by atoms with E-state index in [-0.39, 0.29) is 6.61 Å². The number of benzene rings is 1. The fraction of sp³-hybridized carbons (Fsp3) is 0.727. The highest BCUT2D eigenvalue weighted by atomic mass is 16.5. The monoisotopic (exact) mass is 366 g/mol. The molecule has 1 rings (SSSR count). The molecule has 0 heterocycles. The molecule has 0 aliphatic carbocycles. The molecule has 4 heteroatoms. The summed E-state index contributed by atoms with van der Waals surface area (Å²) in [6, 6.07) is 7.72. The normalized spacial score (nSPS) is 10.8. The fourth-order valence-electron chi connectivity index (χ4n) is 2.80. The van der Waals surface area contributed by atoms with Gasteiger partial charge in [-0.1, -0.05) is 64.7 Å². The van der Waals surface area contributed by atoms with Gasteiger partial charge in [0.15, 0.2) is 0 Å². The Labute approximate surface area is 159 Å². The van der Waals surface area contributed by atoms with Crippen molar-refractivity contribution in [3.63, 3.8) is 0 Å². The third-order valence-corrected chi connectivity index (χ3v) is 4.32. The van der Waals surface area contributed by atoms with Crippen LogP contribution >= 0.6 is 0 Å². The molecule has 150 valence electrons. The molecule has 4 nitrogen and oxygen atoms in total. The SMILES string of the molecule is CCCCCCCCCCCCOc1ccc(OCCOCCO)cc1. The second-order valence-corrected chi connectivity index (χ2v) is 6.69. The van der Waals surface area contributed by atoms with Crippen molar-refractivity contribution in [2.24, 2.45) is 0 Å². The lowest BCUT2D eigenvalue weighted by molar-refractivity contribution is 0.0705. The van der Waals surface area contributed by atoms with E-state index >= 15 is 0 Å². The number of rotatable bonds is 18. The summed E-state index contributed by atoms with van der Waals surface area (Å²) in [6.45, 7) is 4.42.